The first-order chi connectivity index (χ1) is 8.76. The fourth-order valence-corrected chi connectivity index (χ4v) is 2.28. The highest BCUT2D eigenvalue weighted by Gasteiger charge is 2.04. The Kier molecular flexibility index (Phi) is 8.09. The van der Waals surface area contributed by atoms with Crippen LogP contribution in [0.2, 0.25) is 0 Å². The number of aliphatic hydroxyl groups is 1. The zero-order chi connectivity index (χ0) is 13.2. The molecule has 0 aromatic heterocycles. The Morgan fingerprint density at radius 2 is 2.00 bits per heavy atom. The molecule has 1 aromatic rings. The Labute approximate surface area is 114 Å². The normalized spacial score (nSPS) is 12.6. The van der Waals surface area contributed by atoms with Crippen molar-refractivity contribution in [3.63, 3.8) is 0 Å². The van der Waals surface area contributed by atoms with E-state index in [0.29, 0.717) is 19.0 Å². The number of thioether (sulfide) groups is 1. The predicted molar refractivity (Wildman–Crippen MR) is 77.0 cm³/mol. The van der Waals surface area contributed by atoms with E-state index in [9.17, 15) is 5.11 Å². The van der Waals surface area contributed by atoms with Gasteiger partial charge in [0.1, 0.15) is 0 Å². The van der Waals surface area contributed by atoms with Crippen LogP contribution in [0.15, 0.2) is 29.2 Å². The first-order valence-corrected chi connectivity index (χ1v) is 7.43. The van der Waals surface area contributed by atoms with E-state index in [2.05, 4.69) is 36.5 Å². The minimum Gasteiger partial charge on any atom is -0.390 e. The van der Waals surface area contributed by atoms with Gasteiger partial charge in [-0.2, -0.15) is 0 Å². The van der Waals surface area contributed by atoms with Gasteiger partial charge in [0.15, 0.2) is 0 Å². The van der Waals surface area contributed by atoms with Crippen molar-refractivity contribution in [3.05, 3.63) is 29.8 Å². The van der Waals surface area contributed by atoms with Gasteiger partial charge in [0.25, 0.3) is 0 Å². The number of rotatable bonds is 9. The van der Waals surface area contributed by atoms with Gasteiger partial charge in [-0.25, -0.2) is 0 Å². The van der Waals surface area contributed by atoms with Crippen LogP contribution in [0.5, 0.6) is 0 Å². The van der Waals surface area contributed by atoms with Crippen molar-refractivity contribution in [2.24, 2.45) is 0 Å². The van der Waals surface area contributed by atoms with Crippen LogP contribution in [0.25, 0.3) is 0 Å². The fourth-order valence-electron chi connectivity index (χ4n) is 1.47. The summed E-state index contributed by atoms with van der Waals surface area (Å²) in [6, 6.07) is 8.45. The molecule has 2 N–H and O–H groups in total. The Bertz CT molecular complexity index is 316. The van der Waals surface area contributed by atoms with Crippen LogP contribution in [0.1, 0.15) is 19.4 Å². The lowest BCUT2D eigenvalue weighted by Crippen LogP contribution is -2.17. The predicted octanol–water partition coefficient (Wildman–Crippen LogP) is 2.29. The molecule has 0 fully saturated rings. The second-order valence-electron chi connectivity index (χ2n) is 4.05. The first-order valence-electron chi connectivity index (χ1n) is 6.44. The van der Waals surface area contributed by atoms with Gasteiger partial charge in [-0.1, -0.05) is 19.1 Å². The Morgan fingerprint density at radius 1 is 1.28 bits per heavy atom. The van der Waals surface area contributed by atoms with Crippen LogP contribution < -0.4 is 5.32 Å². The summed E-state index contributed by atoms with van der Waals surface area (Å²) < 4.78 is 5.18. The van der Waals surface area contributed by atoms with Gasteiger partial charge in [-0.15, -0.1) is 11.8 Å². The standard InChI is InChI=1S/C14H23NO2S/c1-3-15-9-12-5-7-14(8-6-12)18-11-13(16)10-17-4-2/h5-8,13,15-16H,3-4,9-11H2,1-2H3. The summed E-state index contributed by atoms with van der Waals surface area (Å²) in [6.45, 7) is 7.00. The van der Waals surface area contributed by atoms with E-state index in [-0.39, 0.29) is 0 Å². The van der Waals surface area contributed by atoms with Crippen molar-refractivity contribution in [1.82, 2.24) is 5.32 Å². The molecule has 1 aromatic carbocycles. The molecular formula is C14H23NO2S. The SMILES string of the molecule is CCNCc1ccc(SCC(O)COCC)cc1. The van der Waals surface area contributed by atoms with Gasteiger partial charge in [0, 0.05) is 23.8 Å². The molecule has 1 unspecified atom stereocenters. The summed E-state index contributed by atoms with van der Waals surface area (Å²) in [4.78, 5) is 1.19. The second kappa shape index (κ2) is 9.39. The Balaban J connectivity index is 2.30. The highest BCUT2D eigenvalue weighted by Crippen LogP contribution is 2.19. The smallest absolute Gasteiger partial charge is 0.0867 e. The summed E-state index contributed by atoms with van der Waals surface area (Å²) in [7, 11) is 0. The molecule has 0 heterocycles. The summed E-state index contributed by atoms with van der Waals surface area (Å²) >= 11 is 1.66. The quantitative estimate of drug-likeness (QED) is 0.675. The summed E-state index contributed by atoms with van der Waals surface area (Å²) in [6.07, 6.45) is -0.392. The van der Waals surface area contributed by atoms with E-state index in [1.807, 2.05) is 6.92 Å². The first kappa shape index (κ1) is 15.5. The van der Waals surface area contributed by atoms with Gasteiger partial charge < -0.3 is 15.2 Å². The molecule has 102 valence electrons. The van der Waals surface area contributed by atoms with E-state index in [4.69, 9.17) is 4.74 Å². The zero-order valence-electron chi connectivity index (χ0n) is 11.2. The Hall–Kier alpha value is -0.550. The summed E-state index contributed by atoms with van der Waals surface area (Å²) in [5.41, 5.74) is 1.29. The average molecular weight is 269 g/mol. The van der Waals surface area contributed by atoms with Crippen LogP contribution in [-0.2, 0) is 11.3 Å². The van der Waals surface area contributed by atoms with E-state index < -0.39 is 6.10 Å². The molecular weight excluding hydrogens is 246 g/mol. The molecule has 0 radical (unpaired) electrons. The molecule has 0 spiro atoms. The fraction of sp³-hybridized carbons (Fsp3) is 0.571. The third kappa shape index (κ3) is 6.40. The summed E-state index contributed by atoms with van der Waals surface area (Å²) in [5.74, 6) is 0.673. The number of hydrogen-bond acceptors (Lipinski definition) is 4. The van der Waals surface area contributed by atoms with Gasteiger partial charge >= 0.3 is 0 Å². The van der Waals surface area contributed by atoms with Crippen molar-refractivity contribution < 1.29 is 9.84 Å². The number of aliphatic hydroxyl groups excluding tert-OH is 1. The topological polar surface area (TPSA) is 41.5 Å². The van der Waals surface area contributed by atoms with Gasteiger partial charge in [0.2, 0.25) is 0 Å². The van der Waals surface area contributed by atoms with Gasteiger partial charge in [-0.3, -0.25) is 0 Å². The van der Waals surface area contributed by atoms with Crippen molar-refractivity contribution in [3.8, 4) is 0 Å². The van der Waals surface area contributed by atoms with Crippen LogP contribution in [-0.4, -0.2) is 36.7 Å². The van der Waals surface area contributed by atoms with Crippen molar-refractivity contribution in [2.75, 3.05) is 25.5 Å². The number of hydrogen-bond donors (Lipinski definition) is 2. The molecule has 0 bridgehead atoms. The molecule has 0 aliphatic heterocycles. The van der Waals surface area contributed by atoms with Crippen LogP contribution in [0.4, 0.5) is 0 Å². The second-order valence-corrected chi connectivity index (χ2v) is 5.14. The minimum atomic E-state index is -0.392. The van der Waals surface area contributed by atoms with Crippen molar-refractivity contribution >= 4 is 11.8 Å². The van der Waals surface area contributed by atoms with Crippen LogP contribution in [0.3, 0.4) is 0 Å². The maximum absolute atomic E-state index is 9.66. The molecule has 1 rings (SSSR count). The van der Waals surface area contributed by atoms with Crippen LogP contribution >= 0.6 is 11.8 Å². The molecule has 1 atom stereocenters. The largest absolute Gasteiger partial charge is 0.390 e. The maximum atomic E-state index is 9.66. The van der Waals surface area contributed by atoms with E-state index in [1.165, 1.54) is 10.5 Å². The third-order valence-electron chi connectivity index (χ3n) is 2.46. The molecule has 0 saturated carbocycles. The van der Waals surface area contributed by atoms with E-state index >= 15 is 0 Å². The van der Waals surface area contributed by atoms with Gasteiger partial charge in [-0.05, 0) is 31.2 Å². The third-order valence-corrected chi connectivity index (χ3v) is 3.62. The van der Waals surface area contributed by atoms with Gasteiger partial charge in [0.05, 0.1) is 12.7 Å². The molecule has 3 nitrogen and oxygen atoms in total. The number of nitrogens with one attached hydrogen (secondary N) is 1. The minimum absolute atomic E-state index is 0.392. The molecule has 0 amide bonds. The molecule has 18 heavy (non-hydrogen) atoms. The lowest BCUT2D eigenvalue weighted by Gasteiger charge is -2.10. The number of ether oxygens (including phenoxy) is 1. The molecule has 4 heteroatoms. The summed E-state index contributed by atoms with van der Waals surface area (Å²) in [5, 5.41) is 13.0. The maximum Gasteiger partial charge on any atom is 0.0867 e. The van der Waals surface area contributed by atoms with Crippen LogP contribution in [0, 0.1) is 0 Å². The highest BCUT2D eigenvalue weighted by atomic mass is 32.2. The van der Waals surface area contributed by atoms with Crippen molar-refractivity contribution in [1.29, 1.82) is 0 Å². The molecule has 0 aliphatic rings. The molecule has 0 saturated heterocycles. The molecule has 0 aliphatic carbocycles. The lowest BCUT2D eigenvalue weighted by atomic mass is 10.2. The monoisotopic (exact) mass is 269 g/mol. The van der Waals surface area contributed by atoms with E-state index in [0.717, 1.165) is 13.1 Å². The highest BCUT2D eigenvalue weighted by molar-refractivity contribution is 7.99. The lowest BCUT2D eigenvalue weighted by molar-refractivity contribution is 0.0551. The zero-order valence-corrected chi connectivity index (χ0v) is 12.0. The Morgan fingerprint density at radius 3 is 2.61 bits per heavy atom. The van der Waals surface area contributed by atoms with Crippen molar-refractivity contribution in [2.45, 2.75) is 31.4 Å². The average Bonchev–Trinajstić information content (AvgIpc) is 2.41. The number of benzene rings is 1. The van der Waals surface area contributed by atoms with E-state index in [1.54, 1.807) is 11.8 Å².